The second-order valence-electron chi connectivity index (χ2n) is 9.92. The molecule has 0 bridgehead atoms. The zero-order chi connectivity index (χ0) is 25.7. The van der Waals surface area contributed by atoms with Gasteiger partial charge in [0.15, 0.2) is 11.4 Å². The highest BCUT2D eigenvalue weighted by molar-refractivity contribution is 8.03. The van der Waals surface area contributed by atoms with Gasteiger partial charge in [0, 0.05) is 5.41 Å². The van der Waals surface area contributed by atoms with Crippen molar-refractivity contribution < 1.29 is 38.0 Å². The summed E-state index contributed by atoms with van der Waals surface area (Å²) in [6.07, 6.45) is 7.78. The van der Waals surface area contributed by atoms with E-state index in [2.05, 4.69) is 5.32 Å². The first-order valence-electron chi connectivity index (χ1n) is 10.9. The molecule has 4 aliphatic rings. The van der Waals surface area contributed by atoms with Gasteiger partial charge in [0.05, 0.1) is 21.4 Å². The van der Waals surface area contributed by atoms with Gasteiger partial charge >= 0.3 is 7.82 Å². The minimum absolute atomic E-state index is 0.0323. The van der Waals surface area contributed by atoms with Crippen molar-refractivity contribution >= 4 is 37.2 Å². The Labute approximate surface area is 205 Å². The van der Waals surface area contributed by atoms with Crippen molar-refractivity contribution in [2.75, 3.05) is 6.26 Å². The lowest BCUT2D eigenvalue weighted by Gasteiger charge is -2.58. The SMILES string of the molecule is CSC1=CC23Oc4c(cc(OP(=O)(O)O)c5c4C(=O)NC5=O)CC2(C)C(C)=CC=C3C(C)(C)C1=O. The molecule has 9 nitrogen and oxygen atoms in total. The van der Waals surface area contributed by atoms with Gasteiger partial charge in [0.1, 0.15) is 11.5 Å². The Morgan fingerprint density at radius 2 is 1.77 bits per heavy atom. The highest BCUT2D eigenvalue weighted by Gasteiger charge is 2.63. The first kappa shape index (κ1) is 24.1. The van der Waals surface area contributed by atoms with Crippen molar-refractivity contribution in [3.05, 3.63) is 57.0 Å². The molecule has 2 heterocycles. The molecule has 1 aromatic rings. The van der Waals surface area contributed by atoms with E-state index in [1.807, 2.05) is 52.2 Å². The van der Waals surface area contributed by atoms with Crippen molar-refractivity contribution in [2.45, 2.75) is 39.7 Å². The number of rotatable bonds is 3. The summed E-state index contributed by atoms with van der Waals surface area (Å²) in [7, 11) is -5.02. The lowest BCUT2D eigenvalue weighted by atomic mass is 9.52. The predicted octanol–water partition coefficient (Wildman–Crippen LogP) is 3.46. The van der Waals surface area contributed by atoms with Gasteiger partial charge in [-0.2, -0.15) is 0 Å². The van der Waals surface area contributed by atoms with E-state index in [0.717, 1.165) is 11.1 Å². The molecular weight excluding hydrogens is 493 g/mol. The molecule has 0 fully saturated rings. The number of Topliss-reactive ketones (excluding diaryl/α,β-unsaturated/α-hetero) is 1. The van der Waals surface area contributed by atoms with Crippen LogP contribution in [0.25, 0.3) is 0 Å². The molecule has 0 radical (unpaired) electrons. The summed E-state index contributed by atoms with van der Waals surface area (Å²) in [6.45, 7) is 7.64. The molecule has 0 saturated heterocycles. The quantitative estimate of drug-likeness (QED) is 0.406. The highest BCUT2D eigenvalue weighted by Crippen LogP contribution is 2.63. The molecule has 184 valence electrons. The normalized spacial score (nSPS) is 28.4. The monoisotopic (exact) mass is 517 g/mol. The topological polar surface area (TPSA) is 139 Å². The number of fused-ring (bicyclic) bond motifs is 3. The number of hydrogen-bond donors (Lipinski definition) is 3. The summed E-state index contributed by atoms with van der Waals surface area (Å²) in [6, 6.07) is 1.35. The Bertz CT molecular complexity index is 1400. The van der Waals surface area contributed by atoms with Crippen LogP contribution in [-0.2, 0) is 15.8 Å². The number of phosphoric acid groups is 1. The highest BCUT2D eigenvalue weighted by atomic mass is 32.2. The fourth-order valence-electron chi connectivity index (χ4n) is 5.67. The van der Waals surface area contributed by atoms with E-state index < -0.39 is 36.1 Å². The van der Waals surface area contributed by atoms with Crippen LogP contribution in [0.15, 0.2) is 40.3 Å². The number of ketones is 1. The fraction of sp³-hybridized carbons (Fsp3) is 0.375. The summed E-state index contributed by atoms with van der Waals surface area (Å²) in [4.78, 5) is 58.1. The first-order valence-corrected chi connectivity index (χ1v) is 13.6. The van der Waals surface area contributed by atoms with Crippen LogP contribution in [0.1, 0.15) is 54.0 Å². The molecule has 1 spiro atoms. The summed E-state index contributed by atoms with van der Waals surface area (Å²) in [5.74, 6) is -1.85. The van der Waals surface area contributed by atoms with Gasteiger partial charge in [0.25, 0.3) is 11.8 Å². The number of nitrogens with one attached hydrogen (secondary N) is 1. The van der Waals surface area contributed by atoms with Crippen LogP contribution in [0, 0.1) is 10.8 Å². The molecule has 2 aliphatic carbocycles. The molecule has 2 aliphatic heterocycles. The summed E-state index contributed by atoms with van der Waals surface area (Å²) >= 11 is 1.32. The Kier molecular flexibility index (Phi) is 4.95. The Balaban J connectivity index is 1.84. The van der Waals surface area contributed by atoms with Gasteiger partial charge in [-0.15, -0.1) is 11.8 Å². The van der Waals surface area contributed by atoms with E-state index in [1.165, 1.54) is 17.8 Å². The number of carbonyl (C=O) groups excluding carboxylic acids is 3. The summed E-state index contributed by atoms with van der Waals surface area (Å²) < 4.78 is 23.2. The Morgan fingerprint density at radius 3 is 2.40 bits per heavy atom. The minimum atomic E-state index is -5.02. The molecule has 2 atom stereocenters. The third-order valence-corrected chi connectivity index (χ3v) is 8.81. The average molecular weight is 517 g/mol. The maximum absolute atomic E-state index is 13.3. The van der Waals surface area contributed by atoms with E-state index >= 15 is 0 Å². The van der Waals surface area contributed by atoms with Crippen LogP contribution in [0.3, 0.4) is 0 Å². The first-order chi connectivity index (χ1) is 16.2. The summed E-state index contributed by atoms with van der Waals surface area (Å²) in [5.41, 5.74) is -0.983. The van der Waals surface area contributed by atoms with Crippen molar-refractivity contribution in [3.8, 4) is 11.5 Å². The maximum atomic E-state index is 13.3. The second kappa shape index (κ2) is 7.20. The van der Waals surface area contributed by atoms with Crippen LogP contribution in [-0.4, -0.2) is 39.2 Å². The number of amides is 2. The second-order valence-corrected chi connectivity index (χ2v) is 11.9. The van der Waals surface area contributed by atoms with Gasteiger partial charge in [-0.1, -0.05) is 24.6 Å². The van der Waals surface area contributed by atoms with Gasteiger partial charge in [-0.05, 0) is 56.7 Å². The standard InChI is InChI=1S/C24H24NO8PS/c1-11-6-7-15-22(2,3)19(26)14(35-5)10-24(15)23(11,4)9-12-8-13(33-34(29,30)31)16-17(18(12)32-24)21(28)25-20(16)27/h6-8,10H,9H2,1-5H3,(H,25,27,28)(H2,29,30,31). The largest absolute Gasteiger partial charge is 0.524 e. The van der Waals surface area contributed by atoms with Crippen LogP contribution in [0.2, 0.25) is 0 Å². The van der Waals surface area contributed by atoms with Gasteiger partial charge < -0.3 is 9.26 Å². The van der Waals surface area contributed by atoms with Crippen LogP contribution in [0.5, 0.6) is 11.5 Å². The number of imide groups is 1. The number of phosphoric ester groups is 1. The minimum Gasteiger partial charge on any atom is -0.477 e. The lowest BCUT2D eigenvalue weighted by molar-refractivity contribution is -0.123. The fourth-order valence-corrected chi connectivity index (χ4v) is 6.79. The smallest absolute Gasteiger partial charge is 0.477 e. The molecular formula is C24H24NO8PS. The van der Waals surface area contributed by atoms with E-state index in [4.69, 9.17) is 9.26 Å². The number of allylic oxidation sites excluding steroid dienone is 3. The maximum Gasteiger partial charge on any atom is 0.524 e. The van der Waals surface area contributed by atoms with Gasteiger partial charge in [0.2, 0.25) is 0 Å². The van der Waals surface area contributed by atoms with Crippen LogP contribution < -0.4 is 14.6 Å². The third-order valence-electron chi connectivity index (χ3n) is 7.64. The van der Waals surface area contributed by atoms with E-state index in [9.17, 15) is 28.7 Å². The Morgan fingerprint density at radius 1 is 1.11 bits per heavy atom. The number of thioether (sulfide) groups is 1. The zero-order valence-corrected chi connectivity index (χ0v) is 21.4. The molecule has 1 aromatic carbocycles. The molecule has 2 amide bonds. The molecule has 5 rings (SSSR count). The van der Waals surface area contributed by atoms with E-state index in [1.54, 1.807) is 0 Å². The number of ether oxygens (including phenoxy) is 1. The summed E-state index contributed by atoms with van der Waals surface area (Å²) in [5, 5.41) is 2.17. The van der Waals surface area contributed by atoms with Crippen LogP contribution >= 0.6 is 19.6 Å². The average Bonchev–Trinajstić information content (AvgIpc) is 3.04. The van der Waals surface area contributed by atoms with Gasteiger partial charge in [-0.3, -0.25) is 29.5 Å². The van der Waals surface area contributed by atoms with E-state index in [0.29, 0.717) is 16.9 Å². The molecule has 0 saturated carbocycles. The Hall–Kier alpha value is -2.65. The lowest BCUT2D eigenvalue weighted by Crippen LogP contribution is -2.62. The predicted molar refractivity (Wildman–Crippen MR) is 128 cm³/mol. The van der Waals surface area contributed by atoms with Crippen LogP contribution in [0.4, 0.5) is 0 Å². The van der Waals surface area contributed by atoms with Crippen molar-refractivity contribution in [1.29, 1.82) is 0 Å². The molecule has 2 unspecified atom stereocenters. The van der Waals surface area contributed by atoms with E-state index in [-0.39, 0.29) is 28.4 Å². The van der Waals surface area contributed by atoms with Gasteiger partial charge in [-0.25, -0.2) is 4.57 Å². The molecule has 3 N–H and O–H groups in total. The molecule has 0 aromatic heterocycles. The molecule has 35 heavy (non-hydrogen) atoms. The van der Waals surface area contributed by atoms with Crippen molar-refractivity contribution in [1.82, 2.24) is 5.32 Å². The number of hydrogen-bond acceptors (Lipinski definition) is 7. The molecule has 11 heteroatoms. The number of carbonyl (C=O) groups is 3. The third kappa shape index (κ3) is 3.10. The number of benzene rings is 1. The van der Waals surface area contributed by atoms with Crippen molar-refractivity contribution in [2.24, 2.45) is 10.8 Å². The van der Waals surface area contributed by atoms with Crippen molar-refractivity contribution in [3.63, 3.8) is 0 Å². The zero-order valence-electron chi connectivity index (χ0n) is 19.7.